The molecule has 0 saturated carbocycles. The van der Waals surface area contributed by atoms with Crippen molar-refractivity contribution < 1.29 is 9.53 Å². The van der Waals surface area contributed by atoms with Gasteiger partial charge in [0.25, 0.3) is 5.91 Å². The highest BCUT2D eigenvalue weighted by molar-refractivity contribution is 6.36. The molecule has 0 bridgehead atoms. The van der Waals surface area contributed by atoms with Gasteiger partial charge in [-0.25, -0.2) is 0 Å². The number of aromatic amines is 1. The number of benzene rings is 2. The number of H-pyrrole nitrogens is 1. The molecular weight excluding hydrogens is 323 g/mol. The van der Waals surface area contributed by atoms with E-state index in [9.17, 15) is 4.79 Å². The summed E-state index contributed by atoms with van der Waals surface area (Å²) in [6.45, 7) is 0. The maximum Gasteiger partial charge on any atom is 0.272 e. The predicted octanol–water partition coefficient (Wildman–Crippen LogP) is 4.74. The molecule has 3 rings (SSSR count). The summed E-state index contributed by atoms with van der Waals surface area (Å²) in [5.74, 6) is 0.457. The SMILES string of the molecule is COc1ccc2[nH]c(C(=O)Nc3ccc(Cl)cc3Cl)cc2c1. The van der Waals surface area contributed by atoms with Crippen molar-refractivity contribution in [1.82, 2.24) is 4.98 Å². The molecule has 6 heteroatoms. The van der Waals surface area contributed by atoms with Crippen LogP contribution in [-0.2, 0) is 0 Å². The Morgan fingerprint density at radius 1 is 1.14 bits per heavy atom. The number of carbonyl (C=O) groups is 1. The molecule has 1 amide bonds. The topological polar surface area (TPSA) is 54.1 Å². The second-order valence-electron chi connectivity index (χ2n) is 4.71. The first-order valence-corrected chi connectivity index (χ1v) is 7.25. The van der Waals surface area contributed by atoms with Crippen LogP contribution in [0.1, 0.15) is 10.5 Å². The smallest absolute Gasteiger partial charge is 0.272 e. The summed E-state index contributed by atoms with van der Waals surface area (Å²) in [7, 11) is 1.60. The fourth-order valence-corrected chi connectivity index (χ4v) is 2.60. The predicted molar refractivity (Wildman–Crippen MR) is 89.3 cm³/mol. The Kier molecular flexibility index (Phi) is 3.96. The molecule has 0 aliphatic heterocycles. The van der Waals surface area contributed by atoms with Gasteiger partial charge in [-0.2, -0.15) is 0 Å². The minimum absolute atomic E-state index is 0.278. The van der Waals surface area contributed by atoms with E-state index in [1.807, 2.05) is 18.2 Å². The molecule has 2 aromatic carbocycles. The highest BCUT2D eigenvalue weighted by Gasteiger charge is 2.12. The van der Waals surface area contributed by atoms with Crippen LogP contribution >= 0.6 is 23.2 Å². The van der Waals surface area contributed by atoms with Crippen molar-refractivity contribution in [2.24, 2.45) is 0 Å². The first kappa shape index (κ1) is 14.8. The monoisotopic (exact) mass is 334 g/mol. The maximum absolute atomic E-state index is 12.3. The van der Waals surface area contributed by atoms with Crippen LogP contribution in [0.3, 0.4) is 0 Å². The summed E-state index contributed by atoms with van der Waals surface area (Å²) >= 11 is 11.9. The van der Waals surface area contributed by atoms with Gasteiger partial charge >= 0.3 is 0 Å². The van der Waals surface area contributed by atoms with Crippen LogP contribution in [0, 0.1) is 0 Å². The molecular formula is C16H12Cl2N2O2. The minimum atomic E-state index is -0.278. The lowest BCUT2D eigenvalue weighted by molar-refractivity contribution is 0.102. The maximum atomic E-state index is 12.3. The first-order valence-electron chi connectivity index (χ1n) is 6.50. The van der Waals surface area contributed by atoms with Gasteiger partial charge in [0.05, 0.1) is 17.8 Å². The van der Waals surface area contributed by atoms with Gasteiger partial charge < -0.3 is 15.0 Å². The molecule has 2 N–H and O–H groups in total. The quantitative estimate of drug-likeness (QED) is 0.727. The van der Waals surface area contributed by atoms with E-state index in [1.165, 1.54) is 0 Å². The molecule has 112 valence electrons. The number of nitrogens with one attached hydrogen (secondary N) is 2. The number of rotatable bonds is 3. The molecule has 0 aliphatic rings. The molecule has 0 fully saturated rings. The standard InChI is InChI=1S/C16H12Cl2N2O2/c1-22-11-3-5-13-9(6-11)7-15(19-13)16(21)20-14-4-2-10(17)8-12(14)18/h2-8,19H,1H3,(H,20,21). The average molecular weight is 335 g/mol. The van der Waals surface area contributed by atoms with E-state index in [1.54, 1.807) is 31.4 Å². The van der Waals surface area contributed by atoms with E-state index in [0.29, 0.717) is 21.4 Å². The fraction of sp³-hybridized carbons (Fsp3) is 0.0625. The van der Waals surface area contributed by atoms with Crippen LogP contribution in [0.2, 0.25) is 10.0 Å². The first-order chi connectivity index (χ1) is 10.6. The Balaban J connectivity index is 1.88. The minimum Gasteiger partial charge on any atom is -0.497 e. The highest BCUT2D eigenvalue weighted by Crippen LogP contribution is 2.26. The summed E-state index contributed by atoms with van der Waals surface area (Å²) in [6, 6.07) is 12.2. The van der Waals surface area contributed by atoms with Crippen LogP contribution in [0.25, 0.3) is 10.9 Å². The summed E-state index contributed by atoms with van der Waals surface area (Å²) in [4.78, 5) is 15.4. The number of amides is 1. The number of carbonyl (C=O) groups excluding carboxylic acids is 1. The molecule has 3 aromatic rings. The van der Waals surface area contributed by atoms with Crippen molar-refractivity contribution >= 4 is 45.7 Å². The second-order valence-corrected chi connectivity index (χ2v) is 5.56. The van der Waals surface area contributed by atoms with Gasteiger partial charge in [-0.05, 0) is 42.5 Å². The van der Waals surface area contributed by atoms with Crippen molar-refractivity contribution in [1.29, 1.82) is 0 Å². The zero-order chi connectivity index (χ0) is 15.7. The Hall–Kier alpha value is -2.17. The number of ether oxygens (including phenoxy) is 1. The van der Waals surface area contributed by atoms with Crippen molar-refractivity contribution in [2.45, 2.75) is 0 Å². The second kappa shape index (κ2) is 5.91. The van der Waals surface area contributed by atoms with Crippen molar-refractivity contribution in [3.8, 4) is 5.75 Å². The van der Waals surface area contributed by atoms with Gasteiger partial charge in [0.2, 0.25) is 0 Å². The lowest BCUT2D eigenvalue weighted by Crippen LogP contribution is -2.12. The molecule has 0 atom stereocenters. The van der Waals surface area contributed by atoms with Gasteiger partial charge in [0.15, 0.2) is 0 Å². The molecule has 4 nitrogen and oxygen atoms in total. The van der Waals surface area contributed by atoms with E-state index in [-0.39, 0.29) is 5.91 Å². The zero-order valence-corrected chi connectivity index (χ0v) is 13.1. The Morgan fingerprint density at radius 3 is 2.68 bits per heavy atom. The average Bonchev–Trinajstić information content (AvgIpc) is 2.93. The van der Waals surface area contributed by atoms with Crippen LogP contribution in [0.5, 0.6) is 5.75 Å². The van der Waals surface area contributed by atoms with Crippen LogP contribution < -0.4 is 10.1 Å². The number of halogens is 2. The molecule has 22 heavy (non-hydrogen) atoms. The van der Waals surface area contributed by atoms with Crippen molar-refractivity contribution in [3.63, 3.8) is 0 Å². The summed E-state index contributed by atoms with van der Waals surface area (Å²) in [6.07, 6.45) is 0. The molecule has 0 aliphatic carbocycles. The molecule has 0 spiro atoms. The van der Waals surface area contributed by atoms with E-state index in [4.69, 9.17) is 27.9 Å². The van der Waals surface area contributed by atoms with Crippen LogP contribution in [0.15, 0.2) is 42.5 Å². The summed E-state index contributed by atoms with van der Waals surface area (Å²) < 4.78 is 5.17. The lowest BCUT2D eigenvalue weighted by atomic mass is 10.2. The number of hydrogen-bond acceptors (Lipinski definition) is 2. The highest BCUT2D eigenvalue weighted by atomic mass is 35.5. The van der Waals surface area contributed by atoms with Gasteiger partial charge in [0, 0.05) is 15.9 Å². The number of fused-ring (bicyclic) bond motifs is 1. The van der Waals surface area contributed by atoms with Gasteiger partial charge in [-0.15, -0.1) is 0 Å². The Morgan fingerprint density at radius 2 is 1.95 bits per heavy atom. The van der Waals surface area contributed by atoms with Crippen LogP contribution in [0.4, 0.5) is 5.69 Å². The summed E-state index contributed by atoms with van der Waals surface area (Å²) in [5.41, 5.74) is 1.80. The largest absolute Gasteiger partial charge is 0.497 e. The normalized spacial score (nSPS) is 10.7. The molecule has 0 saturated heterocycles. The molecule has 0 radical (unpaired) electrons. The number of aromatic nitrogens is 1. The van der Waals surface area contributed by atoms with E-state index in [0.717, 1.165) is 16.7 Å². The zero-order valence-electron chi connectivity index (χ0n) is 11.6. The number of hydrogen-bond donors (Lipinski definition) is 2. The number of anilines is 1. The van der Waals surface area contributed by atoms with Gasteiger partial charge in [-0.3, -0.25) is 4.79 Å². The molecule has 1 aromatic heterocycles. The Bertz CT molecular complexity index is 858. The molecule has 1 heterocycles. The fourth-order valence-electron chi connectivity index (χ4n) is 2.14. The van der Waals surface area contributed by atoms with Crippen LogP contribution in [-0.4, -0.2) is 18.0 Å². The van der Waals surface area contributed by atoms with Gasteiger partial charge in [0.1, 0.15) is 11.4 Å². The van der Waals surface area contributed by atoms with Crippen molar-refractivity contribution in [3.05, 3.63) is 58.2 Å². The lowest BCUT2D eigenvalue weighted by Gasteiger charge is -2.06. The number of methoxy groups -OCH3 is 1. The van der Waals surface area contributed by atoms with Gasteiger partial charge in [-0.1, -0.05) is 23.2 Å². The van der Waals surface area contributed by atoms with E-state index >= 15 is 0 Å². The third-order valence-electron chi connectivity index (χ3n) is 3.25. The Labute approximate surface area is 137 Å². The third kappa shape index (κ3) is 2.89. The summed E-state index contributed by atoms with van der Waals surface area (Å²) in [5, 5.41) is 4.55. The molecule has 0 unspecified atom stereocenters. The third-order valence-corrected chi connectivity index (χ3v) is 3.80. The van der Waals surface area contributed by atoms with E-state index < -0.39 is 0 Å². The van der Waals surface area contributed by atoms with E-state index in [2.05, 4.69) is 10.3 Å². The van der Waals surface area contributed by atoms with Crippen molar-refractivity contribution in [2.75, 3.05) is 12.4 Å².